The number of hydrazone groups is 1. The van der Waals surface area contributed by atoms with Gasteiger partial charge in [0.05, 0.1) is 29.9 Å². The van der Waals surface area contributed by atoms with Crippen LogP contribution in [0.2, 0.25) is 0 Å². The van der Waals surface area contributed by atoms with Crippen LogP contribution in [0.25, 0.3) is 6.08 Å². The third-order valence-corrected chi connectivity index (χ3v) is 8.96. The number of anilines is 1. The first-order valence-corrected chi connectivity index (χ1v) is 15.1. The molecule has 2 atom stereocenters. The SMILES string of the molecule is O=C(c1ccc(N2CCOCC2)c([N+](=O)[O-])c1)N1N=C2/C(=C/c3ccc4c(c3)OCO4)CCCC2C1c1ccc2c(c1)OCO2. The van der Waals surface area contributed by atoms with Gasteiger partial charge in [-0.2, -0.15) is 5.10 Å². The minimum absolute atomic E-state index is 0.0778. The van der Waals surface area contributed by atoms with E-state index in [1.165, 1.54) is 11.1 Å². The van der Waals surface area contributed by atoms with Gasteiger partial charge < -0.3 is 28.6 Å². The van der Waals surface area contributed by atoms with Gasteiger partial charge in [0.15, 0.2) is 23.0 Å². The largest absolute Gasteiger partial charge is 0.454 e. The second kappa shape index (κ2) is 11.1. The lowest BCUT2D eigenvalue weighted by Gasteiger charge is -2.30. The summed E-state index contributed by atoms with van der Waals surface area (Å²) in [7, 11) is 0. The Kier molecular flexibility index (Phi) is 6.78. The third-order valence-electron chi connectivity index (χ3n) is 8.96. The van der Waals surface area contributed by atoms with E-state index in [-0.39, 0.29) is 30.8 Å². The molecule has 2 fully saturated rings. The van der Waals surface area contributed by atoms with Crippen LogP contribution in [0.5, 0.6) is 23.0 Å². The highest BCUT2D eigenvalue weighted by Crippen LogP contribution is 2.47. The van der Waals surface area contributed by atoms with Crippen molar-refractivity contribution in [2.75, 3.05) is 44.8 Å². The van der Waals surface area contributed by atoms with Gasteiger partial charge in [-0.15, -0.1) is 0 Å². The Morgan fingerprint density at radius 1 is 0.911 bits per heavy atom. The predicted octanol–water partition coefficient (Wildman–Crippen LogP) is 5.33. The molecule has 0 radical (unpaired) electrons. The summed E-state index contributed by atoms with van der Waals surface area (Å²) >= 11 is 0. The lowest BCUT2D eigenvalue weighted by atomic mass is 9.77. The number of rotatable bonds is 5. The van der Waals surface area contributed by atoms with E-state index in [0.717, 1.165) is 41.7 Å². The van der Waals surface area contributed by atoms with Crippen molar-refractivity contribution in [3.8, 4) is 23.0 Å². The van der Waals surface area contributed by atoms with Crippen LogP contribution in [0.3, 0.4) is 0 Å². The van der Waals surface area contributed by atoms with Crippen LogP contribution < -0.4 is 23.8 Å². The maximum atomic E-state index is 14.3. The highest BCUT2D eigenvalue weighted by atomic mass is 16.7. The second-order valence-electron chi connectivity index (χ2n) is 11.5. The number of carbonyl (C=O) groups is 1. The van der Waals surface area contributed by atoms with Crippen molar-refractivity contribution >= 4 is 29.1 Å². The first kappa shape index (κ1) is 27.4. The van der Waals surface area contributed by atoms with Gasteiger partial charge in [-0.25, -0.2) is 5.01 Å². The lowest BCUT2D eigenvalue weighted by Crippen LogP contribution is -2.36. The van der Waals surface area contributed by atoms with E-state index in [1.54, 1.807) is 12.1 Å². The smallest absolute Gasteiger partial charge is 0.293 e. The quantitative estimate of drug-likeness (QED) is 0.279. The third kappa shape index (κ3) is 4.91. The summed E-state index contributed by atoms with van der Waals surface area (Å²) in [6, 6.07) is 15.8. The highest BCUT2D eigenvalue weighted by molar-refractivity contribution is 6.09. The number of nitro benzene ring substituents is 1. The van der Waals surface area contributed by atoms with Crippen LogP contribution in [0.4, 0.5) is 11.4 Å². The van der Waals surface area contributed by atoms with Crippen LogP contribution in [0.1, 0.15) is 46.8 Å². The summed E-state index contributed by atoms with van der Waals surface area (Å²) in [4.78, 5) is 28.0. The maximum absolute atomic E-state index is 14.3. The van der Waals surface area contributed by atoms with E-state index < -0.39 is 16.9 Å². The molecule has 45 heavy (non-hydrogen) atoms. The number of ether oxygens (including phenoxy) is 5. The maximum Gasteiger partial charge on any atom is 0.293 e. The minimum Gasteiger partial charge on any atom is -0.454 e. The Labute approximate surface area is 258 Å². The van der Waals surface area contributed by atoms with Gasteiger partial charge in [0.25, 0.3) is 11.6 Å². The fraction of sp³-hybridized carbons (Fsp3) is 0.333. The van der Waals surface area contributed by atoms with Gasteiger partial charge in [0.2, 0.25) is 13.6 Å². The molecule has 1 amide bonds. The number of benzene rings is 3. The van der Waals surface area contributed by atoms with Crippen molar-refractivity contribution in [2.45, 2.75) is 25.3 Å². The number of carbonyl (C=O) groups excluding carboxylic acids is 1. The molecule has 3 aromatic rings. The van der Waals surface area contributed by atoms with Crippen molar-refractivity contribution in [2.24, 2.45) is 11.0 Å². The average Bonchev–Trinajstić information content (AvgIpc) is 3.83. The number of amides is 1. The monoisotopic (exact) mass is 610 g/mol. The van der Waals surface area contributed by atoms with Crippen LogP contribution in [0.15, 0.2) is 65.3 Å². The standard InChI is InChI=1S/C33H30N4O8/c38-33(23-5-7-25(26(16-23)37(39)40)35-10-12-41-13-11-35)36-32(22-6-9-28-30(17-22)45-19-43-28)24-3-1-2-21(31(24)34-36)14-20-4-8-27-29(15-20)44-18-42-27/h4-9,14-17,24,32H,1-3,10-13,18-19H2/b21-14+. The van der Waals surface area contributed by atoms with E-state index in [2.05, 4.69) is 6.08 Å². The number of morpholine rings is 1. The molecule has 12 heteroatoms. The highest BCUT2D eigenvalue weighted by Gasteiger charge is 2.44. The van der Waals surface area contributed by atoms with Gasteiger partial charge in [0.1, 0.15) is 5.69 Å². The van der Waals surface area contributed by atoms with Crippen molar-refractivity contribution in [3.63, 3.8) is 0 Å². The average molecular weight is 611 g/mol. The molecular weight excluding hydrogens is 580 g/mol. The zero-order valence-corrected chi connectivity index (χ0v) is 24.3. The number of hydrogen-bond acceptors (Lipinski definition) is 10. The van der Waals surface area contributed by atoms with Crippen LogP contribution in [0, 0.1) is 16.0 Å². The topological polar surface area (TPSA) is 125 Å². The first-order valence-electron chi connectivity index (χ1n) is 15.1. The van der Waals surface area contributed by atoms with E-state index in [4.69, 9.17) is 28.8 Å². The molecule has 1 aliphatic carbocycles. The summed E-state index contributed by atoms with van der Waals surface area (Å²) in [6.45, 7) is 2.40. The van der Waals surface area contributed by atoms with Crippen LogP contribution in [-0.2, 0) is 4.74 Å². The normalized spacial score (nSPS) is 22.4. The predicted molar refractivity (Wildman–Crippen MR) is 163 cm³/mol. The summed E-state index contributed by atoms with van der Waals surface area (Å²) in [6.07, 6.45) is 4.65. The molecule has 0 bridgehead atoms. The van der Waals surface area contributed by atoms with E-state index in [9.17, 15) is 14.9 Å². The Hall–Kier alpha value is -5.10. The molecule has 1 saturated carbocycles. The van der Waals surface area contributed by atoms with Crippen molar-refractivity contribution in [3.05, 3.63) is 87.0 Å². The second-order valence-corrected chi connectivity index (χ2v) is 11.5. The summed E-state index contributed by atoms with van der Waals surface area (Å²) < 4.78 is 27.7. The molecule has 0 aromatic heterocycles. The molecule has 8 rings (SSSR count). The summed E-state index contributed by atoms with van der Waals surface area (Å²) in [5.41, 5.74) is 4.26. The molecule has 12 nitrogen and oxygen atoms in total. The molecule has 0 N–H and O–H groups in total. The van der Waals surface area contributed by atoms with E-state index >= 15 is 0 Å². The number of nitrogens with zero attached hydrogens (tertiary/aromatic N) is 4. The van der Waals surface area contributed by atoms with Gasteiger partial charge in [0, 0.05) is 30.6 Å². The summed E-state index contributed by atoms with van der Waals surface area (Å²) in [5.74, 6) is 2.19. The molecule has 230 valence electrons. The van der Waals surface area contributed by atoms with Crippen LogP contribution in [-0.4, -0.2) is 61.4 Å². The molecule has 5 aliphatic rings. The molecule has 2 unspecified atom stereocenters. The van der Waals surface area contributed by atoms with Crippen LogP contribution >= 0.6 is 0 Å². The Morgan fingerprint density at radius 3 is 2.42 bits per heavy atom. The number of hydrogen-bond donors (Lipinski definition) is 0. The van der Waals surface area contributed by atoms with Gasteiger partial charge in [-0.1, -0.05) is 12.1 Å². The van der Waals surface area contributed by atoms with E-state index in [0.29, 0.717) is 55.0 Å². The molecule has 4 aliphatic heterocycles. The Balaban J connectivity index is 1.19. The zero-order valence-electron chi connectivity index (χ0n) is 24.3. The van der Waals surface area contributed by atoms with Crippen molar-refractivity contribution in [1.82, 2.24) is 5.01 Å². The molecule has 4 heterocycles. The minimum atomic E-state index is -0.432. The Morgan fingerprint density at radius 2 is 1.64 bits per heavy atom. The van der Waals surface area contributed by atoms with Crippen molar-refractivity contribution in [1.29, 1.82) is 0 Å². The summed E-state index contributed by atoms with van der Waals surface area (Å²) in [5, 5.41) is 18.7. The van der Waals surface area contributed by atoms with Crippen molar-refractivity contribution < 1.29 is 33.4 Å². The lowest BCUT2D eigenvalue weighted by molar-refractivity contribution is -0.384. The fourth-order valence-corrected chi connectivity index (χ4v) is 6.81. The molecule has 0 spiro atoms. The Bertz CT molecular complexity index is 1770. The van der Waals surface area contributed by atoms with Gasteiger partial charge >= 0.3 is 0 Å². The van der Waals surface area contributed by atoms with Gasteiger partial charge in [-0.3, -0.25) is 14.9 Å². The number of fused-ring (bicyclic) bond motifs is 3. The molecule has 1 saturated heterocycles. The molecular formula is C33H30N4O8. The first-order chi connectivity index (χ1) is 22.0. The fourth-order valence-electron chi connectivity index (χ4n) is 6.81. The van der Waals surface area contributed by atoms with E-state index in [1.807, 2.05) is 41.3 Å². The molecule has 3 aromatic carbocycles. The number of allylic oxidation sites excluding steroid dienone is 1. The van der Waals surface area contributed by atoms with Gasteiger partial charge in [-0.05, 0) is 78.4 Å². The zero-order chi connectivity index (χ0) is 30.5. The number of nitro groups is 1.